The van der Waals surface area contributed by atoms with Crippen LogP contribution in [0.25, 0.3) is 5.65 Å². The molecule has 0 bridgehead atoms. The molecule has 2 aromatic heterocycles. The molecule has 0 aliphatic heterocycles. The number of carbonyl (C=O) groups excluding carboxylic acids is 2. The lowest BCUT2D eigenvalue weighted by molar-refractivity contribution is -0.113. The zero-order chi connectivity index (χ0) is 17.6. The molecule has 1 N–H and O–H groups in total. The van der Waals surface area contributed by atoms with E-state index in [2.05, 4.69) is 20.6 Å². The van der Waals surface area contributed by atoms with Gasteiger partial charge in [-0.15, -0.1) is 10.2 Å². The van der Waals surface area contributed by atoms with Gasteiger partial charge in [-0.1, -0.05) is 11.8 Å². The summed E-state index contributed by atoms with van der Waals surface area (Å²) < 4.78 is 6.46. The number of amides is 1. The van der Waals surface area contributed by atoms with Crippen LogP contribution in [0.4, 0.5) is 5.69 Å². The molecule has 128 valence electrons. The normalized spacial score (nSPS) is 10.6. The second-order valence-electron chi connectivity index (χ2n) is 4.94. The number of nitrogens with zero attached hydrogens (tertiary/aromatic N) is 4. The van der Waals surface area contributed by atoms with Gasteiger partial charge in [-0.25, -0.2) is 4.79 Å². The van der Waals surface area contributed by atoms with E-state index in [9.17, 15) is 9.59 Å². The minimum atomic E-state index is -0.383. The highest BCUT2D eigenvalue weighted by atomic mass is 32.2. The Hall–Kier alpha value is -2.94. The Morgan fingerprint density at radius 1 is 1.20 bits per heavy atom. The number of fused-ring (bicyclic) bond motifs is 1. The molecular weight excluding hydrogens is 342 g/mol. The van der Waals surface area contributed by atoms with Crippen LogP contribution >= 0.6 is 11.8 Å². The fraction of sp³-hybridized carbons (Fsp3) is 0.188. The Morgan fingerprint density at radius 2 is 2.00 bits per heavy atom. The van der Waals surface area contributed by atoms with E-state index >= 15 is 0 Å². The maximum absolute atomic E-state index is 12.0. The van der Waals surface area contributed by atoms with Crippen LogP contribution in [0.3, 0.4) is 0 Å². The second-order valence-corrected chi connectivity index (χ2v) is 5.94. The Balaban J connectivity index is 1.54. The van der Waals surface area contributed by atoms with Crippen molar-refractivity contribution in [1.29, 1.82) is 0 Å². The predicted molar refractivity (Wildman–Crippen MR) is 92.5 cm³/mol. The van der Waals surface area contributed by atoms with E-state index in [1.807, 2.05) is 0 Å². The number of nitrogens with one attached hydrogen (secondary N) is 1. The Labute approximate surface area is 147 Å². The van der Waals surface area contributed by atoms with Gasteiger partial charge in [0.2, 0.25) is 5.91 Å². The quantitative estimate of drug-likeness (QED) is 0.532. The smallest absolute Gasteiger partial charge is 0.338 e. The first kappa shape index (κ1) is 16.9. The molecule has 0 aliphatic rings. The maximum atomic E-state index is 12.0. The number of rotatable bonds is 6. The van der Waals surface area contributed by atoms with Gasteiger partial charge in [0.15, 0.2) is 5.65 Å². The lowest BCUT2D eigenvalue weighted by atomic mass is 10.2. The molecule has 1 amide bonds. The van der Waals surface area contributed by atoms with Crippen molar-refractivity contribution in [3.05, 3.63) is 48.3 Å². The van der Waals surface area contributed by atoms with Crippen LogP contribution < -0.4 is 5.32 Å². The molecule has 8 nitrogen and oxygen atoms in total. The van der Waals surface area contributed by atoms with Crippen LogP contribution in [0.2, 0.25) is 0 Å². The van der Waals surface area contributed by atoms with Crippen LogP contribution in [0, 0.1) is 0 Å². The van der Waals surface area contributed by atoms with Crippen molar-refractivity contribution in [3.8, 4) is 0 Å². The highest BCUT2D eigenvalue weighted by Crippen LogP contribution is 2.16. The maximum Gasteiger partial charge on any atom is 0.338 e. The molecule has 25 heavy (non-hydrogen) atoms. The molecule has 2 heterocycles. The zero-order valence-corrected chi connectivity index (χ0v) is 14.2. The third-order valence-corrected chi connectivity index (χ3v) is 4.09. The van der Waals surface area contributed by atoms with Crippen LogP contribution in [0.1, 0.15) is 17.3 Å². The number of hydrogen-bond acceptors (Lipinski definition) is 7. The van der Waals surface area contributed by atoms with Crippen molar-refractivity contribution in [2.75, 3.05) is 17.7 Å². The van der Waals surface area contributed by atoms with Gasteiger partial charge in [0.25, 0.3) is 0 Å². The summed E-state index contributed by atoms with van der Waals surface area (Å²) in [7, 11) is 0. The van der Waals surface area contributed by atoms with Crippen molar-refractivity contribution in [2.45, 2.75) is 11.9 Å². The molecule has 1 aromatic carbocycles. The molecule has 0 atom stereocenters. The van der Waals surface area contributed by atoms with Gasteiger partial charge in [0.05, 0.1) is 17.9 Å². The van der Waals surface area contributed by atoms with E-state index in [-0.39, 0.29) is 17.6 Å². The minimum absolute atomic E-state index is 0.167. The monoisotopic (exact) mass is 357 g/mol. The predicted octanol–water partition coefficient (Wildman–Crippen LogP) is 2.03. The van der Waals surface area contributed by atoms with E-state index in [1.54, 1.807) is 47.8 Å². The molecule has 3 aromatic rings. The summed E-state index contributed by atoms with van der Waals surface area (Å²) in [5.41, 5.74) is 1.71. The Morgan fingerprint density at radius 3 is 2.76 bits per heavy atom. The van der Waals surface area contributed by atoms with Crippen LogP contribution in [0.15, 0.2) is 47.8 Å². The summed E-state index contributed by atoms with van der Waals surface area (Å²) in [6, 6.07) is 10.1. The minimum Gasteiger partial charge on any atom is -0.462 e. The fourth-order valence-corrected chi connectivity index (χ4v) is 2.69. The van der Waals surface area contributed by atoms with Crippen molar-refractivity contribution < 1.29 is 14.3 Å². The molecule has 0 fully saturated rings. The number of benzene rings is 1. The van der Waals surface area contributed by atoms with Gasteiger partial charge in [-0.3, -0.25) is 4.79 Å². The molecule has 0 aliphatic carbocycles. The fourth-order valence-electron chi connectivity index (χ4n) is 2.03. The van der Waals surface area contributed by atoms with Gasteiger partial charge in [0, 0.05) is 5.69 Å². The van der Waals surface area contributed by atoms with Gasteiger partial charge in [-0.2, -0.15) is 9.61 Å². The van der Waals surface area contributed by atoms with Crippen molar-refractivity contribution in [1.82, 2.24) is 19.8 Å². The van der Waals surface area contributed by atoms with E-state index in [1.165, 1.54) is 18.1 Å². The number of hydrogen-bond donors (Lipinski definition) is 1. The van der Waals surface area contributed by atoms with E-state index in [0.717, 1.165) is 0 Å². The highest BCUT2D eigenvalue weighted by Gasteiger charge is 2.08. The van der Waals surface area contributed by atoms with E-state index in [0.29, 0.717) is 28.5 Å². The number of esters is 1. The molecule has 0 spiro atoms. The third-order valence-electron chi connectivity index (χ3n) is 3.17. The van der Waals surface area contributed by atoms with Gasteiger partial charge < -0.3 is 10.1 Å². The lowest BCUT2D eigenvalue weighted by Crippen LogP contribution is -2.14. The van der Waals surface area contributed by atoms with Crippen LogP contribution in [0.5, 0.6) is 0 Å². The topological polar surface area (TPSA) is 98.5 Å². The largest absolute Gasteiger partial charge is 0.462 e. The van der Waals surface area contributed by atoms with Crippen molar-refractivity contribution >= 4 is 35.0 Å². The summed E-state index contributed by atoms with van der Waals surface area (Å²) in [4.78, 5) is 23.6. The number of anilines is 1. The van der Waals surface area contributed by atoms with Crippen LogP contribution in [-0.2, 0) is 9.53 Å². The molecule has 0 radical (unpaired) electrons. The van der Waals surface area contributed by atoms with Crippen molar-refractivity contribution in [2.24, 2.45) is 0 Å². The Kier molecular flexibility index (Phi) is 5.24. The van der Waals surface area contributed by atoms with E-state index in [4.69, 9.17) is 4.74 Å². The van der Waals surface area contributed by atoms with Gasteiger partial charge in [-0.05, 0) is 43.3 Å². The molecule has 0 saturated carbocycles. The summed E-state index contributed by atoms with van der Waals surface area (Å²) in [6.07, 6.45) is 1.50. The highest BCUT2D eigenvalue weighted by molar-refractivity contribution is 7.99. The summed E-state index contributed by atoms with van der Waals surface area (Å²) in [5, 5.41) is 15.4. The molecule has 0 unspecified atom stereocenters. The molecule has 3 rings (SSSR count). The van der Waals surface area contributed by atoms with E-state index < -0.39 is 0 Å². The van der Waals surface area contributed by atoms with Crippen molar-refractivity contribution in [3.63, 3.8) is 0 Å². The SMILES string of the molecule is CCOC(=O)c1ccc(NC(=O)CSc2ccc3nncn3n2)cc1. The first-order chi connectivity index (χ1) is 12.2. The number of aromatic nitrogens is 4. The van der Waals surface area contributed by atoms with Gasteiger partial charge in [0.1, 0.15) is 11.4 Å². The second kappa shape index (κ2) is 7.75. The number of carbonyl (C=O) groups is 2. The summed E-state index contributed by atoms with van der Waals surface area (Å²) >= 11 is 1.31. The molecule has 0 saturated heterocycles. The molecule has 9 heteroatoms. The zero-order valence-electron chi connectivity index (χ0n) is 13.4. The Bertz CT molecular complexity index is 894. The lowest BCUT2D eigenvalue weighted by Gasteiger charge is -2.06. The van der Waals surface area contributed by atoms with Crippen LogP contribution in [-0.4, -0.2) is 44.0 Å². The first-order valence-electron chi connectivity index (χ1n) is 7.52. The average molecular weight is 357 g/mol. The number of ether oxygens (including phenoxy) is 1. The average Bonchev–Trinajstić information content (AvgIpc) is 3.08. The van der Waals surface area contributed by atoms with Gasteiger partial charge >= 0.3 is 5.97 Å². The molecular formula is C16H15N5O3S. The third kappa shape index (κ3) is 4.32. The summed E-state index contributed by atoms with van der Waals surface area (Å²) in [6.45, 7) is 2.07. The standard InChI is InChI=1S/C16H15N5O3S/c1-2-24-16(23)11-3-5-12(6-4-11)18-14(22)9-25-15-8-7-13-19-17-10-21(13)20-15/h3-8,10H,2,9H2,1H3,(H,18,22). The summed E-state index contributed by atoms with van der Waals surface area (Å²) in [5.74, 6) is -0.341. The number of thioether (sulfide) groups is 1. The first-order valence-corrected chi connectivity index (χ1v) is 8.51.